The van der Waals surface area contributed by atoms with Crippen LogP contribution < -0.4 is 4.72 Å². The highest BCUT2D eigenvalue weighted by atomic mass is 32.2. The van der Waals surface area contributed by atoms with E-state index in [2.05, 4.69) is 48.1 Å². The van der Waals surface area contributed by atoms with E-state index in [0.29, 0.717) is 5.92 Å². The normalized spacial score (nSPS) is 23.0. The standard InChI is InChI=1S/C19H29NOS/c1-5-19(16-12-8-6-9-13-16,17-14-10-7-11-15-17)20-22(21)18(2,3)4/h6,8-10,12-14,17,20H,5,7,11,15H2,1-4H3/t17-,19-,22+/m1/s1. The number of nitrogens with one attached hydrogen (secondary N) is 1. The molecule has 1 aliphatic carbocycles. The van der Waals surface area contributed by atoms with Crippen molar-refractivity contribution >= 4 is 11.0 Å². The van der Waals surface area contributed by atoms with Gasteiger partial charge in [-0.2, -0.15) is 0 Å². The summed E-state index contributed by atoms with van der Waals surface area (Å²) in [5, 5.41) is 0. The molecule has 0 bridgehead atoms. The number of rotatable bonds is 5. The van der Waals surface area contributed by atoms with Crippen LogP contribution in [0, 0.1) is 5.92 Å². The van der Waals surface area contributed by atoms with Gasteiger partial charge >= 0.3 is 0 Å². The molecule has 0 radical (unpaired) electrons. The van der Waals surface area contributed by atoms with Crippen LogP contribution in [-0.4, -0.2) is 8.96 Å². The first-order valence-corrected chi connectivity index (χ1v) is 9.47. The Hall–Kier alpha value is -0.930. The highest BCUT2D eigenvalue weighted by molar-refractivity contribution is 7.84. The van der Waals surface area contributed by atoms with Crippen molar-refractivity contribution in [3.63, 3.8) is 0 Å². The third-order valence-electron chi connectivity index (χ3n) is 4.56. The lowest BCUT2D eigenvalue weighted by atomic mass is 9.73. The summed E-state index contributed by atoms with van der Waals surface area (Å²) in [5.41, 5.74) is 0.989. The molecule has 2 nitrogen and oxygen atoms in total. The van der Waals surface area contributed by atoms with Gasteiger partial charge in [-0.25, -0.2) is 8.93 Å². The lowest BCUT2D eigenvalue weighted by Gasteiger charge is -2.42. The van der Waals surface area contributed by atoms with Gasteiger partial charge in [-0.1, -0.05) is 49.4 Å². The van der Waals surface area contributed by atoms with E-state index in [1.807, 2.05) is 26.8 Å². The molecular formula is C19H29NOS. The molecule has 0 fully saturated rings. The molecule has 0 aromatic heterocycles. The minimum atomic E-state index is -1.09. The van der Waals surface area contributed by atoms with E-state index in [1.165, 1.54) is 12.0 Å². The number of benzene rings is 1. The van der Waals surface area contributed by atoms with Crippen molar-refractivity contribution in [2.45, 2.75) is 63.7 Å². The molecule has 0 aliphatic heterocycles. The molecule has 22 heavy (non-hydrogen) atoms. The minimum absolute atomic E-state index is 0.254. The predicted molar refractivity (Wildman–Crippen MR) is 95.9 cm³/mol. The lowest BCUT2D eigenvalue weighted by molar-refractivity contribution is 0.261. The number of hydrogen-bond acceptors (Lipinski definition) is 1. The summed E-state index contributed by atoms with van der Waals surface area (Å²) in [4.78, 5) is 0. The molecule has 1 N–H and O–H groups in total. The van der Waals surface area contributed by atoms with E-state index < -0.39 is 11.0 Å². The number of hydrogen-bond donors (Lipinski definition) is 1. The Balaban J connectivity index is 2.45. The fourth-order valence-corrected chi connectivity index (χ4v) is 4.21. The van der Waals surface area contributed by atoms with Crippen molar-refractivity contribution in [3.8, 4) is 0 Å². The van der Waals surface area contributed by atoms with E-state index in [-0.39, 0.29) is 10.3 Å². The molecule has 0 saturated carbocycles. The topological polar surface area (TPSA) is 29.1 Å². The summed E-state index contributed by atoms with van der Waals surface area (Å²) in [6.45, 7) is 8.27. The third-order valence-corrected chi connectivity index (χ3v) is 6.23. The zero-order valence-electron chi connectivity index (χ0n) is 14.3. The summed E-state index contributed by atoms with van der Waals surface area (Å²) < 4.78 is 16.1. The molecule has 0 amide bonds. The van der Waals surface area contributed by atoms with Gasteiger partial charge in [-0.15, -0.1) is 0 Å². The molecule has 0 unspecified atom stereocenters. The maximum Gasteiger partial charge on any atom is 0.0978 e. The fraction of sp³-hybridized carbons (Fsp3) is 0.579. The zero-order chi connectivity index (χ0) is 16.2. The highest BCUT2D eigenvalue weighted by Crippen LogP contribution is 2.40. The Bertz CT molecular complexity index is 532. The summed E-state index contributed by atoms with van der Waals surface area (Å²) >= 11 is 0. The van der Waals surface area contributed by atoms with Crippen LogP contribution in [-0.2, 0) is 16.5 Å². The van der Waals surface area contributed by atoms with E-state index in [0.717, 1.165) is 19.3 Å². The van der Waals surface area contributed by atoms with Crippen molar-refractivity contribution in [2.75, 3.05) is 0 Å². The van der Waals surface area contributed by atoms with Crippen LogP contribution in [0.4, 0.5) is 0 Å². The summed E-state index contributed by atoms with van der Waals surface area (Å²) in [6, 6.07) is 10.5. The Kier molecular flexibility index (Phi) is 5.62. The van der Waals surface area contributed by atoms with Crippen molar-refractivity contribution in [1.82, 2.24) is 4.72 Å². The average molecular weight is 320 g/mol. The van der Waals surface area contributed by atoms with Crippen LogP contribution >= 0.6 is 0 Å². The maximum absolute atomic E-state index is 12.8. The molecule has 1 aromatic carbocycles. The smallest absolute Gasteiger partial charge is 0.0978 e. The quantitative estimate of drug-likeness (QED) is 0.783. The Morgan fingerprint density at radius 3 is 2.41 bits per heavy atom. The minimum Gasteiger partial charge on any atom is -0.242 e. The van der Waals surface area contributed by atoms with Crippen molar-refractivity contribution < 1.29 is 4.21 Å². The van der Waals surface area contributed by atoms with E-state index in [1.54, 1.807) is 0 Å². The Labute approximate surface area is 138 Å². The highest BCUT2D eigenvalue weighted by Gasteiger charge is 2.40. The molecule has 3 heteroatoms. The van der Waals surface area contributed by atoms with Crippen LogP contribution in [0.15, 0.2) is 42.5 Å². The monoisotopic (exact) mass is 319 g/mol. The van der Waals surface area contributed by atoms with Gasteiger partial charge in [-0.3, -0.25) is 0 Å². The third kappa shape index (κ3) is 3.69. The number of allylic oxidation sites excluding steroid dienone is 1. The van der Waals surface area contributed by atoms with Gasteiger partial charge in [0.1, 0.15) is 0 Å². The van der Waals surface area contributed by atoms with Crippen LogP contribution in [0.3, 0.4) is 0 Å². The molecule has 0 spiro atoms. The van der Waals surface area contributed by atoms with Gasteiger partial charge < -0.3 is 0 Å². The van der Waals surface area contributed by atoms with Crippen LogP contribution in [0.5, 0.6) is 0 Å². The van der Waals surface area contributed by atoms with E-state index >= 15 is 0 Å². The van der Waals surface area contributed by atoms with Gasteiger partial charge in [0.2, 0.25) is 0 Å². The second-order valence-corrected chi connectivity index (χ2v) is 9.11. The Morgan fingerprint density at radius 2 is 1.91 bits per heavy atom. The molecule has 3 atom stereocenters. The maximum atomic E-state index is 12.8. The molecule has 0 saturated heterocycles. The SMILES string of the molecule is CC[C@@](N[S@@](=O)C(C)(C)C)(c1ccccc1)[C@@H]1C=CCCC1. The van der Waals surface area contributed by atoms with Gasteiger partial charge in [0.05, 0.1) is 21.3 Å². The van der Waals surface area contributed by atoms with Crippen molar-refractivity contribution in [2.24, 2.45) is 5.92 Å². The van der Waals surface area contributed by atoms with Crippen LogP contribution in [0.1, 0.15) is 58.9 Å². The Morgan fingerprint density at radius 1 is 1.23 bits per heavy atom. The van der Waals surface area contributed by atoms with Crippen molar-refractivity contribution in [3.05, 3.63) is 48.0 Å². The molecule has 2 rings (SSSR count). The van der Waals surface area contributed by atoms with E-state index in [9.17, 15) is 4.21 Å². The first kappa shape index (κ1) is 17.4. The van der Waals surface area contributed by atoms with Crippen LogP contribution in [0.2, 0.25) is 0 Å². The summed E-state index contributed by atoms with van der Waals surface area (Å²) in [7, 11) is -1.09. The van der Waals surface area contributed by atoms with Gasteiger partial charge in [0, 0.05) is 5.92 Å². The molecule has 0 heterocycles. The largest absolute Gasteiger partial charge is 0.242 e. The molecule has 122 valence electrons. The van der Waals surface area contributed by atoms with E-state index in [4.69, 9.17) is 0 Å². The molecular weight excluding hydrogens is 290 g/mol. The van der Waals surface area contributed by atoms with Crippen LogP contribution in [0.25, 0.3) is 0 Å². The lowest BCUT2D eigenvalue weighted by Crippen LogP contribution is -2.52. The van der Waals surface area contributed by atoms with Gasteiger partial charge in [0.15, 0.2) is 0 Å². The second-order valence-electron chi connectivity index (χ2n) is 7.14. The molecule has 1 aliphatic rings. The summed E-state index contributed by atoms with van der Waals surface area (Å²) in [6.07, 6.45) is 9.05. The second kappa shape index (κ2) is 7.10. The predicted octanol–water partition coefficient (Wildman–Crippen LogP) is 4.70. The first-order valence-electron chi connectivity index (χ1n) is 8.32. The average Bonchev–Trinajstić information content (AvgIpc) is 2.53. The first-order chi connectivity index (χ1) is 10.4. The molecule has 1 aromatic rings. The summed E-state index contributed by atoms with van der Waals surface area (Å²) in [5.74, 6) is 0.389. The van der Waals surface area contributed by atoms with Gasteiger partial charge in [0.25, 0.3) is 0 Å². The van der Waals surface area contributed by atoms with Gasteiger partial charge in [-0.05, 0) is 52.0 Å². The zero-order valence-corrected chi connectivity index (χ0v) is 15.1. The fourth-order valence-electron chi connectivity index (χ4n) is 3.16. The van der Waals surface area contributed by atoms with Crippen molar-refractivity contribution in [1.29, 1.82) is 0 Å².